The molecule has 2 heterocycles. The molecular formula is C18H18F3N3O2. The average Bonchev–Trinajstić information content (AvgIpc) is 2.61. The van der Waals surface area contributed by atoms with Crippen molar-refractivity contribution in [2.24, 2.45) is 0 Å². The van der Waals surface area contributed by atoms with Crippen molar-refractivity contribution in [3.63, 3.8) is 0 Å². The summed E-state index contributed by atoms with van der Waals surface area (Å²) < 4.78 is 46.2. The molecule has 138 valence electrons. The van der Waals surface area contributed by atoms with Crippen molar-refractivity contribution in [3.05, 3.63) is 54.7 Å². The highest BCUT2D eigenvalue weighted by Crippen LogP contribution is 2.26. The molecule has 1 fully saturated rings. The summed E-state index contributed by atoms with van der Waals surface area (Å²) in [6.07, 6.45) is -3.05. The molecule has 1 aromatic carbocycles. The Morgan fingerprint density at radius 1 is 1.19 bits per heavy atom. The van der Waals surface area contributed by atoms with E-state index in [9.17, 15) is 13.2 Å². The number of nitrogens with zero attached hydrogens (tertiary/aromatic N) is 2. The summed E-state index contributed by atoms with van der Waals surface area (Å²) >= 11 is 0. The SMILES string of the molecule is C=C(Nc1cccc(OC(F)(F)F)c1)c1ccc(N2CCOCC2)nc1. The fourth-order valence-electron chi connectivity index (χ4n) is 2.56. The second kappa shape index (κ2) is 7.65. The third-order valence-corrected chi connectivity index (χ3v) is 3.79. The lowest BCUT2D eigenvalue weighted by molar-refractivity contribution is -0.274. The van der Waals surface area contributed by atoms with Gasteiger partial charge in [0.15, 0.2) is 0 Å². The molecule has 8 heteroatoms. The van der Waals surface area contributed by atoms with E-state index in [0.29, 0.717) is 24.6 Å². The molecule has 0 spiro atoms. The molecule has 5 nitrogen and oxygen atoms in total. The molecule has 1 saturated heterocycles. The Morgan fingerprint density at radius 3 is 2.62 bits per heavy atom. The molecule has 26 heavy (non-hydrogen) atoms. The Hall–Kier alpha value is -2.74. The maximum Gasteiger partial charge on any atom is 0.573 e. The van der Waals surface area contributed by atoms with Crippen molar-refractivity contribution in [1.29, 1.82) is 0 Å². The fourth-order valence-corrected chi connectivity index (χ4v) is 2.56. The van der Waals surface area contributed by atoms with Gasteiger partial charge < -0.3 is 19.7 Å². The Kier molecular flexibility index (Phi) is 5.32. The predicted octanol–water partition coefficient (Wildman–Crippen LogP) is 3.90. The zero-order chi connectivity index (χ0) is 18.6. The van der Waals surface area contributed by atoms with E-state index in [1.165, 1.54) is 18.2 Å². The number of benzene rings is 1. The van der Waals surface area contributed by atoms with Crippen LogP contribution >= 0.6 is 0 Å². The van der Waals surface area contributed by atoms with E-state index in [0.717, 1.165) is 24.5 Å². The van der Waals surface area contributed by atoms with Crippen molar-refractivity contribution < 1.29 is 22.6 Å². The van der Waals surface area contributed by atoms with E-state index in [1.807, 2.05) is 12.1 Å². The first-order chi connectivity index (χ1) is 12.4. The van der Waals surface area contributed by atoms with Gasteiger partial charge in [0.25, 0.3) is 0 Å². The minimum absolute atomic E-state index is 0.295. The van der Waals surface area contributed by atoms with Crippen LogP contribution in [0.5, 0.6) is 5.75 Å². The molecule has 1 aliphatic rings. The molecule has 0 atom stereocenters. The van der Waals surface area contributed by atoms with Crippen LogP contribution in [0.15, 0.2) is 49.2 Å². The van der Waals surface area contributed by atoms with Crippen LogP contribution in [0.3, 0.4) is 0 Å². The third kappa shape index (κ3) is 4.89. The Morgan fingerprint density at radius 2 is 1.96 bits per heavy atom. The summed E-state index contributed by atoms with van der Waals surface area (Å²) in [5.41, 5.74) is 1.70. The smallest absolute Gasteiger partial charge is 0.406 e. The van der Waals surface area contributed by atoms with Crippen molar-refractivity contribution in [3.8, 4) is 5.75 Å². The molecule has 0 unspecified atom stereocenters. The molecular weight excluding hydrogens is 347 g/mol. The van der Waals surface area contributed by atoms with Gasteiger partial charge in [0.2, 0.25) is 0 Å². The minimum Gasteiger partial charge on any atom is -0.406 e. The van der Waals surface area contributed by atoms with E-state index >= 15 is 0 Å². The highest BCUT2D eigenvalue weighted by atomic mass is 19.4. The molecule has 2 aromatic rings. The van der Waals surface area contributed by atoms with Crippen LogP contribution in [-0.4, -0.2) is 37.6 Å². The van der Waals surface area contributed by atoms with Gasteiger partial charge in [-0.3, -0.25) is 0 Å². The number of halogens is 3. The highest BCUT2D eigenvalue weighted by Gasteiger charge is 2.31. The van der Waals surface area contributed by atoms with Gasteiger partial charge in [-0.25, -0.2) is 4.98 Å². The second-order valence-electron chi connectivity index (χ2n) is 5.68. The van der Waals surface area contributed by atoms with Crippen molar-refractivity contribution in [1.82, 2.24) is 4.98 Å². The molecule has 1 N–H and O–H groups in total. The summed E-state index contributed by atoms with van der Waals surface area (Å²) in [5, 5.41) is 2.97. The Balaban J connectivity index is 1.65. The number of aromatic nitrogens is 1. The number of rotatable bonds is 5. The van der Waals surface area contributed by atoms with E-state index in [1.54, 1.807) is 12.3 Å². The third-order valence-electron chi connectivity index (χ3n) is 3.79. The van der Waals surface area contributed by atoms with Crippen molar-refractivity contribution in [2.45, 2.75) is 6.36 Å². The number of anilines is 2. The molecule has 3 rings (SSSR count). The average molecular weight is 365 g/mol. The number of morpholine rings is 1. The van der Waals surface area contributed by atoms with Crippen LogP contribution in [0.1, 0.15) is 5.56 Å². The number of hydrogen-bond acceptors (Lipinski definition) is 5. The number of alkyl halides is 3. The predicted molar refractivity (Wildman–Crippen MR) is 93.1 cm³/mol. The molecule has 0 saturated carbocycles. The van der Waals surface area contributed by atoms with Gasteiger partial charge in [-0.15, -0.1) is 13.2 Å². The first kappa shape index (κ1) is 18.1. The van der Waals surface area contributed by atoms with Crippen LogP contribution in [0, 0.1) is 0 Å². The lowest BCUT2D eigenvalue weighted by Crippen LogP contribution is -2.36. The zero-order valence-corrected chi connectivity index (χ0v) is 13.9. The van der Waals surface area contributed by atoms with Crippen molar-refractivity contribution in [2.75, 3.05) is 36.5 Å². The van der Waals surface area contributed by atoms with Gasteiger partial charge in [-0.2, -0.15) is 0 Å². The summed E-state index contributed by atoms with van der Waals surface area (Å²) in [7, 11) is 0. The van der Waals surface area contributed by atoms with Gasteiger partial charge in [0.05, 0.1) is 13.2 Å². The zero-order valence-electron chi connectivity index (χ0n) is 13.9. The molecule has 0 amide bonds. The monoisotopic (exact) mass is 365 g/mol. The van der Waals surface area contributed by atoms with Crippen molar-refractivity contribution >= 4 is 17.2 Å². The number of nitrogens with one attached hydrogen (secondary N) is 1. The summed E-state index contributed by atoms with van der Waals surface area (Å²) in [5.74, 6) is 0.557. The maximum absolute atomic E-state index is 12.3. The molecule has 1 aliphatic heterocycles. The fraction of sp³-hybridized carbons (Fsp3) is 0.278. The standard InChI is InChI=1S/C18H18F3N3O2/c1-13(23-15-3-2-4-16(11-15)26-18(19,20)21)14-5-6-17(22-12-14)24-7-9-25-10-8-24/h2-6,11-12,23H,1,7-10H2. The van der Waals surface area contributed by atoms with Gasteiger partial charge in [0, 0.05) is 42.3 Å². The maximum atomic E-state index is 12.3. The number of hydrogen-bond donors (Lipinski definition) is 1. The van der Waals surface area contributed by atoms with Gasteiger partial charge in [0.1, 0.15) is 11.6 Å². The molecule has 0 aliphatic carbocycles. The lowest BCUT2D eigenvalue weighted by Gasteiger charge is -2.27. The Labute approximate surface area is 149 Å². The van der Waals surface area contributed by atoms with E-state index in [-0.39, 0.29) is 5.75 Å². The number of ether oxygens (including phenoxy) is 2. The molecule has 0 bridgehead atoms. The van der Waals surface area contributed by atoms with Crippen LogP contribution in [0.2, 0.25) is 0 Å². The van der Waals surface area contributed by atoms with Gasteiger partial charge in [-0.1, -0.05) is 12.6 Å². The van der Waals surface area contributed by atoms with E-state index in [2.05, 4.69) is 26.5 Å². The summed E-state index contributed by atoms with van der Waals surface area (Å²) in [6.45, 7) is 6.85. The van der Waals surface area contributed by atoms with Gasteiger partial charge >= 0.3 is 6.36 Å². The Bertz CT molecular complexity index is 757. The van der Waals surface area contributed by atoms with Crippen LogP contribution in [-0.2, 0) is 4.74 Å². The van der Waals surface area contributed by atoms with E-state index in [4.69, 9.17) is 4.74 Å². The highest BCUT2D eigenvalue weighted by molar-refractivity contribution is 5.75. The summed E-state index contributed by atoms with van der Waals surface area (Å²) in [4.78, 5) is 6.55. The quantitative estimate of drug-likeness (QED) is 0.871. The first-order valence-corrected chi connectivity index (χ1v) is 8.01. The van der Waals surface area contributed by atoms with Gasteiger partial charge in [-0.05, 0) is 24.3 Å². The summed E-state index contributed by atoms with van der Waals surface area (Å²) in [6, 6.07) is 9.34. The molecule has 0 radical (unpaired) electrons. The molecule has 1 aromatic heterocycles. The second-order valence-corrected chi connectivity index (χ2v) is 5.68. The van der Waals surface area contributed by atoms with Crippen LogP contribution in [0.25, 0.3) is 5.70 Å². The normalized spacial score (nSPS) is 14.8. The largest absolute Gasteiger partial charge is 0.573 e. The van der Waals surface area contributed by atoms with Crippen LogP contribution in [0.4, 0.5) is 24.7 Å². The minimum atomic E-state index is -4.73. The van der Waals surface area contributed by atoms with E-state index < -0.39 is 6.36 Å². The first-order valence-electron chi connectivity index (χ1n) is 8.01. The number of pyridine rings is 1. The van der Waals surface area contributed by atoms with Crippen LogP contribution < -0.4 is 15.0 Å². The lowest BCUT2D eigenvalue weighted by atomic mass is 10.2. The topological polar surface area (TPSA) is 46.6 Å².